The standard InChI is InChI=1S/C9H18F3NO/c1-3-6-13-8(9(10,11)12)5-4-7-14-2/h8,13H,3-7H2,1-2H3. The summed E-state index contributed by atoms with van der Waals surface area (Å²) in [5.74, 6) is 0. The molecule has 0 rings (SSSR count). The van der Waals surface area contributed by atoms with E-state index in [1.165, 1.54) is 7.11 Å². The lowest BCUT2D eigenvalue weighted by Gasteiger charge is -2.21. The maximum atomic E-state index is 12.4. The van der Waals surface area contributed by atoms with Crippen LogP contribution < -0.4 is 5.32 Å². The molecule has 5 heteroatoms. The maximum Gasteiger partial charge on any atom is 0.403 e. The lowest BCUT2D eigenvalue weighted by atomic mass is 10.1. The van der Waals surface area contributed by atoms with Crippen molar-refractivity contribution >= 4 is 0 Å². The molecule has 86 valence electrons. The fourth-order valence-electron chi connectivity index (χ4n) is 1.13. The van der Waals surface area contributed by atoms with E-state index in [1.54, 1.807) is 0 Å². The first-order chi connectivity index (χ1) is 6.52. The van der Waals surface area contributed by atoms with E-state index in [0.717, 1.165) is 0 Å². The zero-order valence-electron chi connectivity index (χ0n) is 8.66. The second kappa shape index (κ2) is 7.06. The van der Waals surface area contributed by atoms with Gasteiger partial charge in [0, 0.05) is 13.7 Å². The van der Waals surface area contributed by atoms with Crippen LogP contribution in [0, 0.1) is 0 Å². The molecule has 0 radical (unpaired) electrons. The number of halogens is 3. The fourth-order valence-corrected chi connectivity index (χ4v) is 1.13. The molecule has 14 heavy (non-hydrogen) atoms. The van der Waals surface area contributed by atoms with E-state index in [2.05, 4.69) is 5.32 Å². The molecule has 0 aliphatic rings. The molecule has 1 atom stereocenters. The van der Waals surface area contributed by atoms with Gasteiger partial charge in [0.2, 0.25) is 0 Å². The molecule has 0 aromatic carbocycles. The number of nitrogens with one attached hydrogen (secondary N) is 1. The van der Waals surface area contributed by atoms with Crippen LogP contribution >= 0.6 is 0 Å². The van der Waals surface area contributed by atoms with Crippen LogP contribution in [0.3, 0.4) is 0 Å². The van der Waals surface area contributed by atoms with Crippen LogP contribution in [-0.2, 0) is 4.74 Å². The van der Waals surface area contributed by atoms with E-state index in [-0.39, 0.29) is 6.42 Å². The Balaban J connectivity index is 3.85. The fraction of sp³-hybridized carbons (Fsp3) is 1.00. The summed E-state index contributed by atoms with van der Waals surface area (Å²) in [5.41, 5.74) is 0. The summed E-state index contributed by atoms with van der Waals surface area (Å²) in [5, 5.41) is 2.49. The van der Waals surface area contributed by atoms with Gasteiger partial charge in [-0.2, -0.15) is 13.2 Å². The van der Waals surface area contributed by atoms with Gasteiger partial charge in [0.15, 0.2) is 0 Å². The SMILES string of the molecule is CCCNC(CCCOC)C(F)(F)F. The van der Waals surface area contributed by atoms with Gasteiger partial charge in [0.1, 0.15) is 6.04 Å². The third-order valence-corrected chi connectivity index (χ3v) is 1.88. The van der Waals surface area contributed by atoms with E-state index in [0.29, 0.717) is 26.0 Å². The van der Waals surface area contributed by atoms with E-state index in [1.807, 2.05) is 6.92 Å². The van der Waals surface area contributed by atoms with Crippen LogP contribution in [-0.4, -0.2) is 32.5 Å². The lowest BCUT2D eigenvalue weighted by Crippen LogP contribution is -2.42. The van der Waals surface area contributed by atoms with Crippen molar-refractivity contribution in [2.45, 2.75) is 38.4 Å². The number of hydrogen-bond donors (Lipinski definition) is 1. The van der Waals surface area contributed by atoms with Crippen LogP contribution in [0.5, 0.6) is 0 Å². The Morgan fingerprint density at radius 3 is 2.43 bits per heavy atom. The van der Waals surface area contributed by atoms with Crippen molar-refractivity contribution in [2.75, 3.05) is 20.3 Å². The van der Waals surface area contributed by atoms with Crippen molar-refractivity contribution in [2.24, 2.45) is 0 Å². The second-order valence-corrected chi connectivity index (χ2v) is 3.18. The van der Waals surface area contributed by atoms with Crippen LogP contribution in [0.2, 0.25) is 0 Å². The molecule has 0 saturated heterocycles. The minimum atomic E-state index is -4.15. The topological polar surface area (TPSA) is 21.3 Å². The van der Waals surface area contributed by atoms with Crippen molar-refractivity contribution in [1.82, 2.24) is 5.32 Å². The second-order valence-electron chi connectivity index (χ2n) is 3.18. The van der Waals surface area contributed by atoms with Gasteiger partial charge in [-0.15, -0.1) is 0 Å². The van der Waals surface area contributed by atoms with Crippen molar-refractivity contribution in [3.8, 4) is 0 Å². The van der Waals surface area contributed by atoms with Crippen molar-refractivity contribution in [1.29, 1.82) is 0 Å². The average Bonchev–Trinajstić information content (AvgIpc) is 2.09. The maximum absolute atomic E-state index is 12.4. The minimum absolute atomic E-state index is 0.0807. The predicted octanol–water partition coefficient (Wildman–Crippen LogP) is 2.34. The molecule has 0 amide bonds. The van der Waals surface area contributed by atoms with E-state index >= 15 is 0 Å². The zero-order valence-corrected chi connectivity index (χ0v) is 8.66. The molecule has 0 aliphatic carbocycles. The van der Waals surface area contributed by atoms with Crippen molar-refractivity contribution < 1.29 is 17.9 Å². The molecule has 1 N–H and O–H groups in total. The summed E-state index contributed by atoms with van der Waals surface area (Å²) < 4.78 is 41.8. The number of hydrogen-bond acceptors (Lipinski definition) is 2. The van der Waals surface area contributed by atoms with Crippen molar-refractivity contribution in [3.05, 3.63) is 0 Å². The van der Waals surface area contributed by atoms with Crippen LogP contribution in [0.25, 0.3) is 0 Å². The van der Waals surface area contributed by atoms with Gasteiger partial charge in [-0.25, -0.2) is 0 Å². The molecule has 2 nitrogen and oxygen atoms in total. The first-order valence-electron chi connectivity index (χ1n) is 4.81. The predicted molar refractivity (Wildman–Crippen MR) is 49.2 cm³/mol. The molecular formula is C9H18F3NO. The Morgan fingerprint density at radius 2 is 2.00 bits per heavy atom. The highest BCUT2D eigenvalue weighted by molar-refractivity contribution is 4.74. The van der Waals surface area contributed by atoms with Gasteiger partial charge < -0.3 is 10.1 Å². The van der Waals surface area contributed by atoms with E-state index in [9.17, 15) is 13.2 Å². The molecular weight excluding hydrogens is 195 g/mol. The number of ether oxygens (including phenoxy) is 1. The van der Waals surface area contributed by atoms with Crippen molar-refractivity contribution in [3.63, 3.8) is 0 Å². The molecule has 0 fully saturated rings. The van der Waals surface area contributed by atoms with E-state index in [4.69, 9.17) is 4.74 Å². The zero-order chi connectivity index (χ0) is 11.0. The van der Waals surface area contributed by atoms with Crippen LogP contribution in [0.4, 0.5) is 13.2 Å². The highest BCUT2D eigenvalue weighted by Gasteiger charge is 2.38. The Kier molecular flexibility index (Phi) is 6.92. The third kappa shape index (κ3) is 6.21. The van der Waals surface area contributed by atoms with Gasteiger partial charge in [-0.1, -0.05) is 6.92 Å². The first kappa shape index (κ1) is 13.7. The Bertz CT molecular complexity index is 139. The van der Waals surface area contributed by atoms with Gasteiger partial charge in [0.25, 0.3) is 0 Å². The molecule has 0 heterocycles. The molecule has 1 unspecified atom stereocenters. The Hall–Kier alpha value is -0.290. The number of alkyl halides is 3. The smallest absolute Gasteiger partial charge is 0.385 e. The Morgan fingerprint density at radius 1 is 1.36 bits per heavy atom. The van der Waals surface area contributed by atoms with Crippen LogP contribution in [0.15, 0.2) is 0 Å². The Labute approximate surface area is 82.8 Å². The molecule has 0 aromatic heterocycles. The van der Waals surface area contributed by atoms with Gasteiger partial charge in [-0.3, -0.25) is 0 Å². The highest BCUT2D eigenvalue weighted by atomic mass is 19.4. The van der Waals surface area contributed by atoms with Gasteiger partial charge in [0.05, 0.1) is 0 Å². The number of methoxy groups -OCH3 is 1. The first-order valence-corrected chi connectivity index (χ1v) is 4.81. The molecule has 0 saturated carbocycles. The van der Waals surface area contributed by atoms with Gasteiger partial charge in [-0.05, 0) is 25.8 Å². The summed E-state index contributed by atoms with van der Waals surface area (Å²) in [6.07, 6.45) is -2.94. The number of rotatable bonds is 7. The lowest BCUT2D eigenvalue weighted by molar-refractivity contribution is -0.157. The molecule has 0 spiro atoms. The van der Waals surface area contributed by atoms with E-state index < -0.39 is 12.2 Å². The summed E-state index contributed by atoms with van der Waals surface area (Å²) in [6, 6.07) is -1.39. The molecule has 0 aromatic rings. The normalized spacial score (nSPS) is 14.4. The molecule has 0 aliphatic heterocycles. The van der Waals surface area contributed by atoms with Crippen LogP contribution in [0.1, 0.15) is 26.2 Å². The monoisotopic (exact) mass is 213 g/mol. The summed E-state index contributed by atoms with van der Waals surface area (Å²) in [6.45, 7) is 2.62. The third-order valence-electron chi connectivity index (χ3n) is 1.88. The highest BCUT2D eigenvalue weighted by Crippen LogP contribution is 2.23. The average molecular weight is 213 g/mol. The van der Waals surface area contributed by atoms with Gasteiger partial charge >= 0.3 is 6.18 Å². The molecule has 0 bridgehead atoms. The summed E-state index contributed by atoms with van der Waals surface area (Å²) in [4.78, 5) is 0. The minimum Gasteiger partial charge on any atom is -0.385 e. The summed E-state index contributed by atoms with van der Waals surface area (Å²) in [7, 11) is 1.49. The quantitative estimate of drug-likeness (QED) is 0.655. The summed E-state index contributed by atoms with van der Waals surface area (Å²) >= 11 is 0. The largest absolute Gasteiger partial charge is 0.403 e.